The molecule has 0 aliphatic heterocycles. The molecular weight excluding hydrogens is 222 g/mol. The van der Waals surface area contributed by atoms with Crippen molar-refractivity contribution in [2.75, 3.05) is 25.2 Å². The van der Waals surface area contributed by atoms with Gasteiger partial charge < -0.3 is 14.8 Å². The number of thioether (sulfide) groups is 1. The number of hydrogen-bond donors (Lipinski definition) is 2. The molecule has 90 valence electrons. The molecule has 0 spiro atoms. The SMILES string of the molecule is CSCCC(CO)NC/C=C/c1ccco1. The molecule has 0 aliphatic rings. The molecule has 1 unspecified atom stereocenters. The molecule has 1 heterocycles. The summed E-state index contributed by atoms with van der Waals surface area (Å²) in [5.74, 6) is 1.92. The molecule has 0 saturated heterocycles. The van der Waals surface area contributed by atoms with Gasteiger partial charge in [-0.15, -0.1) is 0 Å². The Balaban J connectivity index is 2.17. The average Bonchev–Trinajstić information content (AvgIpc) is 2.81. The zero-order valence-electron chi connectivity index (χ0n) is 9.56. The zero-order valence-corrected chi connectivity index (χ0v) is 10.4. The van der Waals surface area contributed by atoms with Crippen LogP contribution in [0.3, 0.4) is 0 Å². The Hall–Kier alpha value is -0.710. The largest absolute Gasteiger partial charge is 0.465 e. The van der Waals surface area contributed by atoms with Crippen LogP contribution in [0.2, 0.25) is 0 Å². The Morgan fingerprint density at radius 2 is 2.50 bits per heavy atom. The lowest BCUT2D eigenvalue weighted by molar-refractivity contribution is 0.243. The van der Waals surface area contributed by atoms with Crippen LogP contribution in [-0.4, -0.2) is 36.3 Å². The van der Waals surface area contributed by atoms with Gasteiger partial charge >= 0.3 is 0 Å². The molecule has 0 bridgehead atoms. The number of hydrogen-bond acceptors (Lipinski definition) is 4. The molecule has 16 heavy (non-hydrogen) atoms. The Kier molecular flexibility index (Phi) is 7.05. The highest BCUT2D eigenvalue weighted by Gasteiger charge is 2.03. The van der Waals surface area contributed by atoms with Gasteiger partial charge in [-0.05, 0) is 36.6 Å². The monoisotopic (exact) mass is 241 g/mol. The molecule has 0 saturated carbocycles. The fraction of sp³-hybridized carbons (Fsp3) is 0.500. The lowest BCUT2D eigenvalue weighted by atomic mass is 10.2. The fourth-order valence-corrected chi connectivity index (χ4v) is 1.83. The molecule has 0 fully saturated rings. The van der Waals surface area contributed by atoms with E-state index < -0.39 is 0 Å². The number of aliphatic hydroxyl groups excluding tert-OH is 1. The van der Waals surface area contributed by atoms with Gasteiger partial charge in [-0.2, -0.15) is 11.8 Å². The quantitative estimate of drug-likeness (QED) is 0.730. The Morgan fingerprint density at radius 3 is 3.12 bits per heavy atom. The Labute approximate surface area is 101 Å². The van der Waals surface area contributed by atoms with Crippen molar-refractivity contribution < 1.29 is 9.52 Å². The van der Waals surface area contributed by atoms with E-state index in [2.05, 4.69) is 11.6 Å². The molecule has 1 aromatic rings. The summed E-state index contributed by atoms with van der Waals surface area (Å²) < 4.78 is 5.16. The summed E-state index contributed by atoms with van der Waals surface area (Å²) in [6, 6.07) is 3.96. The molecule has 0 amide bonds. The van der Waals surface area contributed by atoms with Crippen LogP contribution < -0.4 is 5.32 Å². The molecular formula is C12H19NO2S. The van der Waals surface area contributed by atoms with E-state index in [1.807, 2.05) is 24.3 Å². The number of rotatable bonds is 8. The maximum Gasteiger partial charge on any atom is 0.126 e. The first-order valence-corrected chi connectivity index (χ1v) is 6.79. The van der Waals surface area contributed by atoms with E-state index in [0.717, 1.165) is 24.5 Å². The molecule has 0 radical (unpaired) electrons. The van der Waals surface area contributed by atoms with E-state index in [0.29, 0.717) is 0 Å². The third-order valence-electron chi connectivity index (χ3n) is 2.24. The Bertz CT molecular complexity index is 285. The second-order valence-electron chi connectivity index (χ2n) is 3.49. The first-order chi connectivity index (χ1) is 7.86. The summed E-state index contributed by atoms with van der Waals surface area (Å²) in [4.78, 5) is 0. The average molecular weight is 241 g/mol. The van der Waals surface area contributed by atoms with E-state index >= 15 is 0 Å². The van der Waals surface area contributed by atoms with Crippen LogP contribution >= 0.6 is 11.8 Å². The first kappa shape index (κ1) is 13.4. The van der Waals surface area contributed by atoms with Crippen molar-refractivity contribution in [3.63, 3.8) is 0 Å². The minimum absolute atomic E-state index is 0.189. The summed E-state index contributed by atoms with van der Waals surface area (Å²) >= 11 is 1.80. The zero-order chi connectivity index (χ0) is 11.6. The smallest absolute Gasteiger partial charge is 0.126 e. The predicted molar refractivity (Wildman–Crippen MR) is 69.6 cm³/mol. The van der Waals surface area contributed by atoms with Crippen molar-refractivity contribution >= 4 is 17.8 Å². The topological polar surface area (TPSA) is 45.4 Å². The van der Waals surface area contributed by atoms with Gasteiger partial charge in [0.2, 0.25) is 0 Å². The molecule has 0 aromatic carbocycles. The van der Waals surface area contributed by atoms with Crippen LogP contribution in [0.1, 0.15) is 12.2 Å². The van der Waals surface area contributed by atoms with E-state index in [-0.39, 0.29) is 12.6 Å². The highest BCUT2D eigenvalue weighted by atomic mass is 32.2. The molecule has 3 nitrogen and oxygen atoms in total. The highest BCUT2D eigenvalue weighted by molar-refractivity contribution is 7.98. The molecule has 2 N–H and O–H groups in total. The maximum absolute atomic E-state index is 9.12. The Morgan fingerprint density at radius 1 is 1.62 bits per heavy atom. The number of aliphatic hydroxyl groups is 1. The van der Waals surface area contributed by atoms with Crippen LogP contribution in [0.4, 0.5) is 0 Å². The number of nitrogens with one attached hydrogen (secondary N) is 1. The minimum Gasteiger partial charge on any atom is -0.465 e. The van der Waals surface area contributed by atoms with Gasteiger partial charge in [-0.25, -0.2) is 0 Å². The predicted octanol–water partition coefficient (Wildman–Crippen LogP) is 2.00. The van der Waals surface area contributed by atoms with E-state index in [1.54, 1.807) is 18.0 Å². The van der Waals surface area contributed by atoms with Crippen molar-refractivity contribution in [1.82, 2.24) is 5.32 Å². The van der Waals surface area contributed by atoms with Crippen LogP contribution in [0.15, 0.2) is 28.9 Å². The van der Waals surface area contributed by atoms with Gasteiger partial charge in [-0.1, -0.05) is 6.08 Å². The summed E-state index contributed by atoms with van der Waals surface area (Å²) in [5.41, 5.74) is 0. The van der Waals surface area contributed by atoms with E-state index in [1.165, 1.54) is 0 Å². The van der Waals surface area contributed by atoms with E-state index in [4.69, 9.17) is 9.52 Å². The fourth-order valence-electron chi connectivity index (χ4n) is 1.31. The number of furan rings is 1. The van der Waals surface area contributed by atoms with Crippen molar-refractivity contribution in [1.29, 1.82) is 0 Å². The normalized spacial score (nSPS) is 13.4. The third kappa shape index (κ3) is 5.39. The van der Waals surface area contributed by atoms with Gasteiger partial charge in [0.1, 0.15) is 5.76 Å². The third-order valence-corrected chi connectivity index (χ3v) is 2.88. The van der Waals surface area contributed by atoms with Crippen molar-refractivity contribution in [2.24, 2.45) is 0 Å². The summed E-state index contributed by atoms with van der Waals surface area (Å²) in [6.45, 7) is 0.940. The molecule has 1 rings (SSSR count). The lowest BCUT2D eigenvalue weighted by Crippen LogP contribution is -2.33. The van der Waals surface area contributed by atoms with Crippen LogP contribution in [0.5, 0.6) is 0 Å². The standard InChI is InChI=1S/C12H19NO2S/c1-16-9-6-11(10-14)13-7-2-4-12-5-3-8-15-12/h2-5,8,11,13-14H,6-7,9-10H2,1H3/b4-2+. The maximum atomic E-state index is 9.12. The molecule has 4 heteroatoms. The summed E-state index contributed by atoms with van der Waals surface area (Å²) in [5, 5.41) is 12.4. The van der Waals surface area contributed by atoms with Gasteiger partial charge in [0.05, 0.1) is 12.9 Å². The summed E-state index contributed by atoms with van der Waals surface area (Å²) in [7, 11) is 0. The molecule has 1 atom stereocenters. The second-order valence-corrected chi connectivity index (χ2v) is 4.47. The lowest BCUT2D eigenvalue weighted by Gasteiger charge is -2.13. The second kappa shape index (κ2) is 8.44. The summed E-state index contributed by atoms with van der Waals surface area (Å²) in [6.07, 6.45) is 8.65. The van der Waals surface area contributed by atoms with E-state index in [9.17, 15) is 0 Å². The van der Waals surface area contributed by atoms with Gasteiger partial charge in [0, 0.05) is 12.6 Å². The van der Waals surface area contributed by atoms with Crippen LogP contribution in [-0.2, 0) is 0 Å². The van der Waals surface area contributed by atoms with Crippen molar-refractivity contribution in [3.8, 4) is 0 Å². The molecule has 0 aliphatic carbocycles. The van der Waals surface area contributed by atoms with Crippen molar-refractivity contribution in [3.05, 3.63) is 30.2 Å². The first-order valence-electron chi connectivity index (χ1n) is 5.40. The minimum atomic E-state index is 0.189. The highest BCUT2D eigenvalue weighted by Crippen LogP contribution is 2.02. The van der Waals surface area contributed by atoms with Gasteiger partial charge in [-0.3, -0.25) is 0 Å². The molecule has 1 aromatic heterocycles. The van der Waals surface area contributed by atoms with Gasteiger partial charge in [0.15, 0.2) is 0 Å². The van der Waals surface area contributed by atoms with Gasteiger partial charge in [0.25, 0.3) is 0 Å². The van der Waals surface area contributed by atoms with Crippen LogP contribution in [0, 0.1) is 0 Å². The van der Waals surface area contributed by atoms with Crippen LogP contribution in [0.25, 0.3) is 6.08 Å². The van der Waals surface area contributed by atoms with Crippen molar-refractivity contribution in [2.45, 2.75) is 12.5 Å².